The summed E-state index contributed by atoms with van der Waals surface area (Å²) in [5.74, 6) is 5.63. The van der Waals surface area contributed by atoms with Gasteiger partial charge in [0.25, 0.3) is 5.91 Å². The quantitative estimate of drug-likeness (QED) is 0.827. The standard InChI is InChI=1S/C16H21NO3/c1-12-11-13(7-5-6-10-18)8-9-14(12)17-15(19)16(2,3)20-4/h8-9,11,18H,6,10H2,1-4H3,(H,17,19). The molecule has 0 bridgehead atoms. The lowest BCUT2D eigenvalue weighted by Gasteiger charge is -2.22. The lowest BCUT2D eigenvalue weighted by atomic mass is 10.1. The normalized spacial score (nSPS) is 10.7. The molecule has 0 aromatic heterocycles. The van der Waals surface area contributed by atoms with Crippen LogP contribution in [-0.4, -0.2) is 30.3 Å². The summed E-state index contributed by atoms with van der Waals surface area (Å²) in [7, 11) is 1.51. The fourth-order valence-corrected chi connectivity index (χ4v) is 1.47. The molecule has 2 N–H and O–H groups in total. The zero-order valence-electron chi connectivity index (χ0n) is 12.4. The van der Waals surface area contributed by atoms with Gasteiger partial charge in [-0.15, -0.1) is 0 Å². The molecule has 20 heavy (non-hydrogen) atoms. The molecule has 4 nitrogen and oxygen atoms in total. The van der Waals surface area contributed by atoms with E-state index in [1.54, 1.807) is 13.8 Å². The van der Waals surface area contributed by atoms with Gasteiger partial charge in [-0.25, -0.2) is 0 Å². The first kappa shape index (κ1) is 16.2. The number of ether oxygens (including phenoxy) is 1. The van der Waals surface area contributed by atoms with Crippen LogP contribution in [0.2, 0.25) is 0 Å². The molecule has 1 amide bonds. The Hall–Kier alpha value is -1.83. The number of nitrogens with one attached hydrogen (secondary N) is 1. The van der Waals surface area contributed by atoms with E-state index < -0.39 is 5.60 Å². The molecule has 0 fully saturated rings. The molecule has 1 rings (SSSR count). The molecule has 0 aliphatic rings. The van der Waals surface area contributed by atoms with Crippen LogP contribution in [0.5, 0.6) is 0 Å². The van der Waals surface area contributed by atoms with Crippen LogP contribution < -0.4 is 5.32 Å². The number of rotatable bonds is 4. The summed E-state index contributed by atoms with van der Waals surface area (Å²) in [6.07, 6.45) is 0.458. The Kier molecular flexibility index (Phi) is 5.75. The van der Waals surface area contributed by atoms with Crippen molar-refractivity contribution in [2.24, 2.45) is 0 Å². The van der Waals surface area contributed by atoms with Crippen LogP contribution in [0.4, 0.5) is 5.69 Å². The van der Waals surface area contributed by atoms with Crippen molar-refractivity contribution in [3.8, 4) is 11.8 Å². The maximum atomic E-state index is 12.0. The van der Waals surface area contributed by atoms with Gasteiger partial charge in [-0.1, -0.05) is 11.8 Å². The number of carbonyl (C=O) groups is 1. The molecule has 0 saturated heterocycles. The third-order valence-corrected chi connectivity index (χ3v) is 3.00. The Labute approximate surface area is 120 Å². The summed E-state index contributed by atoms with van der Waals surface area (Å²) >= 11 is 0. The monoisotopic (exact) mass is 275 g/mol. The maximum absolute atomic E-state index is 12.0. The number of methoxy groups -OCH3 is 1. The number of benzene rings is 1. The number of aliphatic hydroxyl groups is 1. The highest BCUT2D eigenvalue weighted by atomic mass is 16.5. The maximum Gasteiger partial charge on any atom is 0.256 e. The summed E-state index contributed by atoms with van der Waals surface area (Å²) in [4.78, 5) is 12.0. The molecule has 1 aromatic rings. The van der Waals surface area contributed by atoms with Gasteiger partial charge in [-0.3, -0.25) is 4.79 Å². The fourth-order valence-electron chi connectivity index (χ4n) is 1.47. The SMILES string of the molecule is COC(C)(C)C(=O)Nc1ccc(C#CCCO)cc1C. The summed E-state index contributed by atoms with van der Waals surface area (Å²) < 4.78 is 5.14. The summed E-state index contributed by atoms with van der Waals surface area (Å²) in [5.41, 5.74) is 1.67. The Balaban J connectivity index is 2.85. The topological polar surface area (TPSA) is 58.6 Å². The van der Waals surface area contributed by atoms with Gasteiger partial charge < -0.3 is 15.2 Å². The molecule has 0 unspecified atom stereocenters. The first-order valence-corrected chi connectivity index (χ1v) is 6.47. The number of carbonyl (C=O) groups excluding carboxylic acids is 1. The van der Waals surface area contributed by atoms with Gasteiger partial charge >= 0.3 is 0 Å². The van der Waals surface area contributed by atoms with E-state index in [0.29, 0.717) is 6.42 Å². The second-order valence-electron chi connectivity index (χ2n) is 4.97. The average molecular weight is 275 g/mol. The summed E-state index contributed by atoms with van der Waals surface area (Å²) in [6.45, 7) is 5.40. The van der Waals surface area contributed by atoms with Gasteiger partial charge in [-0.05, 0) is 44.5 Å². The first-order chi connectivity index (χ1) is 9.40. The highest BCUT2D eigenvalue weighted by Crippen LogP contribution is 2.19. The smallest absolute Gasteiger partial charge is 0.256 e. The van der Waals surface area contributed by atoms with Crippen LogP contribution in [0.15, 0.2) is 18.2 Å². The third-order valence-electron chi connectivity index (χ3n) is 3.00. The number of anilines is 1. The van der Waals surface area contributed by atoms with Crippen LogP contribution in [0.1, 0.15) is 31.4 Å². The van der Waals surface area contributed by atoms with Crippen LogP contribution >= 0.6 is 0 Å². The minimum absolute atomic E-state index is 0.0617. The largest absolute Gasteiger partial charge is 0.395 e. The average Bonchev–Trinajstić information content (AvgIpc) is 2.41. The van der Waals surface area contributed by atoms with E-state index in [1.807, 2.05) is 25.1 Å². The van der Waals surface area contributed by atoms with Crippen molar-refractivity contribution in [3.63, 3.8) is 0 Å². The minimum atomic E-state index is -0.869. The molecule has 0 spiro atoms. The molecule has 4 heteroatoms. The highest BCUT2D eigenvalue weighted by Gasteiger charge is 2.27. The molecule has 0 radical (unpaired) electrons. The molecule has 108 valence electrons. The van der Waals surface area contributed by atoms with Gasteiger partial charge in [-0.2, -0.15) is 0 Å². The van der Waals surface area contributed by atoms with Gasteiger partial charge in [0.1, 0.15) is 5.60 Å². The lowest BCUT2D eigenvalue weighted by molar-refractivity contribution is -0.133. The molecule has 0 aliphatic carbocycles. The van der Waals surface area contributed by atoms with Gasteiger partial charge in [0.15, 0.2) is 0 Å². The number of amides is 1. The number of hydrogen-bond acceptors (Lipinski definition) is 3. The predicted molar refractivity (Wildman–Crippen MR) is 79.5 cm³/mol. The van der Waals surface area contributed by atoms with Crippen LogP contribution in [-0.2, 0) is 9.53 Å². The zero-order valence-corrected chi connectivity index (χ0v) is 12.4. The van der Waals surface area contributed by atoms with E-state index in [0.717, 1.165) is 16.8 Å². The van der Waals surface area contributed by atoms with E-state index in [9.17, 15) is 4.79 Å². The Morgan fingerprint density at radius 1 is 1.45 bits per heavy atom. The van der Waals surface area contributed by atoms with E-state index in [1.165, 1.54) is 7.11 Å². The number of hydrogen-bond donors (Lipinski definition) is 2. The van der Waals surface area contributed by atoms with Crippen LogP contribution in [0.25, 0.3) is 0 Å². The van der Waals surface area contributed by atoms with Crippen molar-refractivity contribution in [1.82, 2.24) is 0 Å². The minimum Gasteiger partial charge on any atom is -0.395 e. The first-order valence-electron chi connectivity index (χ1n) is 6.47. The van der Waals surface area contributed by atoms with Crippen LogP contribution in [0.3, 0.4) is 0 Å². The van der Waals surface area contributed by atoms with E-state index in [4.69, 9.17) is 9.84 Å². The predicted octanol–water partition coefficient (Wildman–Crippen LogP) is 2.09. The second kappa shape index (κ2) is 7.09. The van der Waals surface area contributed by atoms with Crippen molar-refractivity contribution in [1.29, 1.82) is 0 Å². The molecule has 0 atom stereocenters. The Morgan fingerprint density at radius 2 is 2.15 bits per heavy atom. The fraction of sp³-hybridized carbons (Fsp3) is 0.438. The molecular weight excluding hydrogens is 254 g/mol. The number of aliphatic hydroxyl groups excluding tert-OH is 1. The van der Waals surface area contributed by atoms with Crippen molar-refractivity contribution >= 4 is 11.6 Å². The summed E-state index contributed by atoms with van der Waals surface area (Å²) in [6, 6.07) is 5.56. The van der Waals surface area contributed by atoms with E-state index in [-0.39, 0.29) is 12.5 Å². The number of aryl methyl sites for hydroxylation is 1. The van der Waals surface area contributed by atoms with Crippen molar-refractivity contribution in [2.45, 2.75) is 32.8 Å². The highest BCUT2D eigenvalue weighted by molar-refractivity contribution is 5.97. The van der Waals surface area contributed by atoms with Crippen molar-refractivity contribution in [2.75, 3.05) is 19.0 Å². The van der Waals surface area contributed by atoms with E-state index in [2.05, 4.69) is 17.2 Å². The summed E-state index contributed by atoms with van der Waals surface area (Å²) in [5, 5.41) is 11.5. The lowest BCUT2D eigenvalue weighted by Crippen LogP contribution is -2.38. The van der Waals surface area contributed by atoms with Crippen molar-refractivity contribution < 1.29 is 14.6 Å². The molecule has 0 aliphatic heterocycles. The Bertz CT molecular complexity index is 538. The van der Waals surface area contributed by atoms with Gasteiger partial charge in [0, 0.05) is 24.8 Å². The zero-order chi connectivity index (χ0) is 15.2. The van der Waals surface area contributed by atoms with Crippen molar-refractivity contribution in [3.05, 3.63) is 29.3 Å². The molecule has 0 heterocycles. The second-order valence-corrected chi connectivity index (χ2v) is 4.97. The molecule has 0 saturated carbocycles. The molecular formula is C16H21NO3. The van der Waals surface area contributed by atoms with Crippen LogP contribution in [0, 0.1) is 18.8 Å². The molecule has 1 aromatic carbocycles. The van der Waals surface area contributed by atoms with Gasteiger partial charge in [0.2, 0.25) is 0 Å². The Morgan fingerprint density at radius 3 is 2.70 bits per heavy atom. The van der Waals surface area contributed by atoms with E-state index >= 15 is 0 Å². The van der Waals surface area contributed by atoms with Gasteiger partial charge in [0.05, 0.1) is 6.61 Å². The third kappa shape index (κ3) is 4.37.